The minimum Gasteiger partial charge on any atom is -0.494 e. The van der Waals surface area contributed by atoms with E-state index in [9.17, 15) is 9.18 Å². The minimum absolute atomic E-state index is 0.199. The minimum atomic E-state index is -0.665. The van der Waals surface area contributed by atoms with Crippen molar-refractivity contribution in [2.45, 2.75) is 52.4 Å². The first-order valence-corrected chi connectivity index (χ1v) is 12.3. The molecule has 0 aliphatic carbocycles. The highest BCUT2D eigenvalue weighted by Gasteiger charge is 2.42. The van der Waals surface area contributed by atoms with Crippen LogP contribution in [0.4, 0.5) is 10.1 Å². The number of methoxy groups -OCH3 is 2. The molecule has 200 valence electrons. The number of hydrazone groups is 1. The van der Waals surface area contributed by atoms with E-state index in [1.165, 1.54) is 12.1 Å². The summed E-state index contributed by atoms with van der Waals surface area (Å²) < 4.78 is 31.0. The highest BCUT2D eigenvalue weighted by molar-refractivity contribution is 5.97. The van der Waals surface area contributed by atoms with Gasteiger partial charge in [0.05, 0.1) is 25.8 Å². The molecule has 2 aromatic rings. The van der Waals surface area contributed by atoms with E-state index in [0.29, 0.717) is 24.7 Å². The second-order valence-electron chi connectivity index (χ2n) is 9.63. The van der Waals surface area contributed by atoms with E-state index >= 15 is 0 Å². The number of hydrogen-bond donors (Lipinski definition) is 1. The molecule has 1 heterocycles. The Hall–Kier alpha value is -3.59. The lowest BCUT2D eigenvalue weighted by molar-refractivity contribution is -0.154. The van der Waals surface area contributed by atoms with Gasteiger partial charge in [-0.15, -0.1) is 0 Å². The largest absolute Gasteiger partial charge is 0.494 e. The number of halogens is 1. The van der Waals surface area contributed by atoms with Gasteiger partial charge >= 0.3 is 0 Å². The van der Waals surface area contributed by atoms with E-state index in [2.05, 4.69) is 5.10 Å². The Labute approximate surface area is 218 Å². The summed E-state index contributed by atoms with van der Waals surface area (Å²) in [5.74, 6) is 0.592. The van der Waals surface area contributed by atoms with Gasteiger partial charge in [0.1, 0.15) is 28.7 Å². The summed E-state index contributed by atoms with van der Waals surface area (Å²) >= 11 is 0. The number of amides is 1. The standard InChI is InChI=1S/C28H37FN4O4/c1-8-33(31-19(3)30)23-14-9-20(15-24(23)36-7)16-25-27(34)32(17-28(4,5)37-25)26(18(2)35-6)21-10-12-22(29)13-11-21/h9-16,18,26H,8,17H2,1-7H3,(H2,30,31)/b25-16-/t18-,26+/m1/s1. The Morgan fingerprint density at radius 1 is 1.27 bits per heavy atom. The quantitative estimate of drug-likeness (QED) is 0.227. The predicted molar refractivity (Wildman–Crippen MR) is 144 cm³/mol. The number of ether oxygens (including phenoxy) is 3. The molecule has 0 unspecified atom stereocenters. The third kappa shape index (κ3) is 6.60. The Morgan fingerprint density at radius 2 is 1.95 bits per heavy atom. The number of rotatable bonds is 9. The van der Waals surface area contributed by atoms with Gasteiger partial charge in [-0.05, 0) is 76.1 Å². The molecule has 0 spiro atoms. The van der Waals surface area contributed by atoms with Crippen molar-refractivity contribution in [3.8, 4) is 5.75 Å². The van der Waals surface area contributed by atoms with E-state index in [0.717, 1.165) is 16.8 Å². The average molecular weight is 513 g/mol. The van der Waals surface area contributed by atoms with Crippen molar-refractivity contribution in [3.05, 3.63) is 65.2 Å². The maximum atomic E-state index is 13.7. The monoisotopic (exact) mass is 512 g/mol. The van der Waals surface area contributed by atoms with Gasteiger partial charge < -0.3 is 24.8 Å². The van der Waals surface area contributed by atoms with Gasteiger partial charge in [0, 0.05) is 13.7 Å². The van der Waals surface area contributed by atoms with Crippen LogP contribution in [0, 0.1) is 5.82 Å². The van der Waals surface area contributed by atoms with Crippen molar-refractivity contribution in [2.75, 3.05) is 32.3 Å². The number of benzene rings is 2. The Kier molecular flexibility index (Phi) is 8.81. The van der Waals surface area contributed by atoms with Crippen LogP contribution in [-0.2, 0) is 14.3 Å². The van der Waals surface area contributed by atoms with Gasteiger partial charge in [-0.25, -0.2) is 4.39 Å². The van der Waals surface area contributed by atoms with Gasteiger partial charge in [-0.3, -0.25) is 9.80 Å². The lowest BCUT2D eigenvalue weighted by atomic mass is 9.96. The molecular weight excluding hydrogens is 475 g/mol. The van der Waals surface area contributed by atoms with Gasteiger partial charge in [-0.2, -0.15) is 5.10 Å². The molecule has 3 rings (SSSR count). The number of carbonyl (C=O) groups is 1. The summed E-state index contributed by atoms with van der Waals surface area (Å²) in [5, 5.41) is 6.10. The second-order valence-corrected chi connectivity index (χ2v) is 9.63. The third-order valence-electron chi connectivity index (χ3n) is 6.13. The van der Waals surface area contributed by atoms with Crippen LogP contribution in [0.15, 0.2) is 53.3 Å². The summed E-state index contributed by atoms with van der Waals surface area (Å²) in [6, 6.07) is 11.3. The topological polar surface area (TPSA) is 89.6 Å². The molecule has 1 fully saturated rings. The van der Waals surface area contributed by atoms with Crippen LogP contribution in [-0.4, -0.2) is 55.7 Å². The van der Waals surface area contributed by atoms with Crippen molar-refractivity contribution < 1.29 is 23.4 Å². The number of hydrogen-bond acceptors (Lipinski definition) is 6. The zero-order valence-electron chi connectivity index (χ0n) is 22.6. The van der Waals surface area contributed by atoms with Crippen LogP contribution in [0.3, 0.4) is 0 Å². The highest BCUT2D eigenvalue weighted by atomic mass is 19.1. The first-order chi connectivity index (χ1) is 17.5. The van der Waals surface area contributed by atoms with Gasteiger partial charge in [0.15, 0.2) is 5.76 Å². The van der Waals surface area contributed by atoms with Crippen LogP contribution >= 0.6 is 0 Å². The first-order valence-electron chi connectivity index (χ1n) is 12.3. The number of morpholine rings is 1. The zero-order chi connectivity index (χ0) is 27.3. The van der Waals surface area contributed by atoms with Crippen LogP contribution in [0.25, 0.3) is 6.08 Å². The van der Waals surface area contributed by atoms with Crippen molar-refractivity contribution in [3.63, 3.8) is 0 Å². The van der Waals surface area contributed by atoms with E-state index in [1.54, 1.807) is 49.3 Å². The van der Waals surface area contributed by atoms with Crippen LogP contribution in [0.1, 0.15) is 51.8 Å². The van der Waals surface area contributed by atoms with Crippen LogP contribution in [0.2, 0.25) is 0 Å². The molecule has 0 aromatic heterocycles. The lowest BCUT2D eigenvalue weighted by Gasteiger charge is -2.44. The van der Waals surface area contributed by atoms with E-state index < -0.39 is 11.6 Å². The van der Waals surface area contributed by atoms with E-state index in [-0.39, 0.29) is 23.6 Å². The fourth-order valence-corrected chi connectivity index (χ4v) is 4.44. The number of anilines is 1. The van der Waals surface area contributed by atoms with Crippen molar-refractivity contribution in [2.24, 2.45) is 10.8 Å². The summed E-state index contributed by atoms with van der Waals surface area (Å²) in [6.07, 6.45) is 1.37. The normalized spacial score (nSPS) is 18.4. The molecule has 9 heteroatoms. The Bertz CT molecular complexity index is 1160. The third-order valence-corrected chi connectivity index (χ3v) is 6.13. The zero-order valence-corrected chi connectivity index (χ0v) is 22.6. The number of carbonyl (C=O) groups excluding carboxylic acids is 1. The van der Waals surface area contributed by atoms with Crippen LogP contribution < -0.4 is 15.5 Å². The SMILES string of the molecule is CCN(/N=C(/C)N)c1ccc(/C=C2\OC(C)(C)CN([C@H](c3ccc(F)cc3)[C@@H](C)OC)C2=O)cc1OC. The molecule has 0 saturated carbocycles. The van der Waals surface area contributed by atoms with Gasteiger partial charge in [0.25, 0.3) is 5.91 Å². The smallest absolute Gasteiger partial charge is 0.289 e. The van der Waals surface area contributed by atoms with Gasteiger partial charge in [-0.1, -0.05) is 18.2 Å². The van der Waals surface area contributed by atoms with Crippen molar-refractivity contribution >= 4 is 23.5 Å². The molecule has 1 saturated heterocycles. The molecule has 1 aliphatic heterocycles. The number of amidine groups is 1. The molecule has 8 nitrogen and oxygen atoms in total. The summed E-state index contributed by atoms with van der Waals surface area (Å²) in [6.45, 7) is 10.4. The van der Waals surface area contributed by atoms with E-state index in [1.807, 2.05) is 45.9 Å². The second kappa shape index (κ2) is 11.6. The molecular formula is C28H37FN4O4. The summed E-state index contributed by atoms with van der Waals surface area (Å²) in [5.41, 5.74) is 7.37. The fourth-order valence-electron chi connectivity index (χ4n) is 4.44. The van der Waals surface area contributed by atoms with Crippen molar-refractivity contribution in [1.29, 1.82) is 0 Å². The van der Waals surface area contributed by atoms with Crippen LogP contribution in [0.5, 0.6) is 5.75 Å². The maximum Gasteiger partial charge on any atom is 0.289 e. The highest BCUT2D eigenvalue weighted by Crippen LogP contribution is 2.36. The molecule has 37 heavy (non-hydrogen) atoms. The fraction of sp³-hybridized carbons (Fsp3) is 0.429. The lowest BCUT2D eigenvalue weighted by Crippen LogP contribution is -2.53. The molecule has 2 N–H and O–H groups in total. The maximum absolute atomic E-state index is 13.7. The average Bonchev–Trinajstić information content (AvgIpc) is 2.86. The summed E-state index contributed by atoms with van der Waals surface area (Å²) in [4.78, 5) is 15.5. The molecule has 0 radical (unpaired) electrons. The predicted octanol–water partition coefficient (Wildman–Crippen LogP) is 4.71. The first kappa shape index (κ1) is 28.0. The number of nitrogens with two attached hydrogens (primary N) is 1. The molecule has 2 atom stereocenters. The molecule has 1 aliphatic rings. The summed E-state index contributed by atoms with van der Waals surface area (Å²) in [7, 11) is 3.17. The van der Waals surface area contributed by atoms with E-state index in [4.69, 9.17) is 19.9 Å². The Balaban J connectivity index is 2.02. The van der Waals surface area contributed by atoms with Gasteiger partial charge in [0.2, 0.25) is 0 Å². The number of nitrogens with zero attached hydrogens (tertiary/aromatic N) is 3. The molecule has 1 amide bonds. The van der Waals surface area contributed by atoms with Crippen molar-refractivity contribution in [1.82, 2.24) is 4.90 Å². The molecule has 0 bridgehead atoms. The Morgan fingerprint density at radius 3 is 2.51 bits per heavy atom. The molecule has 2 aromatic carbocycles.